The maximum Gasteiger partial charge on any atom is 0.296 e. The van der Waals surface area contributed by atoms with E-state index in [0.717, 1.165) is 0 Å². The molecule has 1 heterocycles. The van der Waals surface area contributed by atoms with Crippen LogP contribution in [0.2, 0.25) is 0 Å². The van der Waals surface area contributed by atoms with Crippen LogP contribution in [-0.2, 0) is 4.74 Å². The first-order valence-corrected chi connectivity index (χ1v) is 6.63. The van der Waals surface area contributed by atoms with Crippen LogP contribution >= 0.6 is 0 Å². The molecule has 0 saturated carbocycles. The molecule has 9 heteroatoms. The van der Waals surface area contributed by atoms with Gasteiger partial charge in [0, 0.05) is 0 Å². The Kier molecular flexibility index (Phi) is 4.81. The molecule has 1 aromatic rings. The summed E-state index contributed by atoms with van der Waals surface area (Å²) >= 11 is 0. The molecule has 1 aliphatic rings. The lowest BCUT2D eigenvalue weighted by Gasteiger charge is -2.39. The standard InChI is InChI=1S/C13H18N2O7/c1-6-10(16)11(17)12(18)13(22-6)14-8-4-3-7(21-2)5-9(8)15(19)20/h3-6,10-14,16-18H,1-2H3. The van der Waals surface area contributed by atoms with E-state index in [9.17, 15) is 25.4 Å². The highest BCUT2D eigenvalue weighted by atomic mass is 16.6. The Morgan fingerprint density at radius 1 is 1.27 bits per heavy atom. The Bertz CT molecular complexity index is 553. The second-order valence-electron chi connectivity index (χ2n) is 5.02. The summed E-state index contributed by atoms with van der Waals surface area (Å²) in [5, 5.41) is 43.1. The van der Waals surface area contributed by atoms with E-state index < -0.39 is 35.6 Å². The Balaban J connectivity index is 2.24. The lowest BCUT2D eigenvalue weighted by atomic mass is 9.99. The van der Waals surface area contributed by atoms with Gasteiger partial charge < -0.3 is 30.1 Å². The van der Waals surface area contributed by atoms with E-state index in [2.05, 4.69) is 5.32 Å². The predicted molar refractivity (Wildman–Crippen MR) is 75.6 cm³/mol. The average molecular weight is 314 g/mol. The summed E-state index contributed by atoms with van der Waals surface area (Å²) in [5.41, 5.74) is -0.158. The van der Waals surface area contributed by atoms with Crippen molar-refractivity contribution in [3.05, 3.63) is 28.3 Å². The third-order valence-corrected chi connectivity index (χ3v) is 3.55. The Hall–Kier alpha value is -1.94. The van der Waals surface area contributed by atoms with Gasteiger partial charge in [-0.1, -0.05) is 0 Å². The van der Waals surface area contributed by atoms with Gasteiger partial charge in [0.25, 0.3) is 5.69 Å². The van der Waals surface area contributed by atoms with Gasteiger partial charge in [-0.25, -0.2) is 0 Å². The van der Waals surface area contributed by atoms with Crippen molar-refractivity contribution in [3.8, 4) is 5.75 Å². The second kappa shape index (κ2) is 6.44. The molecule has 9 nitrogen and oxygen atoms in total. The monoisotopic (exact) mass is 314 g/mol. The number of nitrogens with zero attached hydrogens (tertiary/aromatic N) is 1. The summed E-state index contributed by atoms with van der Waals surface area (Å²) in [7, 11) is 1.39. The van der Waals surface area contributed by atoms with Crippen LogP contribution < -0.4 is 10.1 Å². The molecule has 5 unspecified atom stereocenters. The van der Waals surface area contributed by atoms with Crippen LogP contribution in [-0.4, -0.2) is 58.0 Å². The molecule has 122 valence electrons. The molecular weight excluding hydrogens is 296 g/mol. The summed E-state index contributed by atoms with van der Waals surface area (Å²) in [6.07, 6.45) is -5.93. The van der Waals surface area contributed by atoms with Crippen molar-refractivity contribution < 1.29 is 29.7 Å². The molecule has 22 heavy (non-hydrogen) atoms. The molecule has 1 aromatic carbocycles. The molecule has 5 atom stereocenters. The molecule has 0 radical (unpaired) electrons. The lowest BCUT2D eigenvalue weighted by Crippen LogP contribution is -2.58. The number of aliphatic hydroxyl groups is 3. The van der Waals surface area contributed by atoms with Crippen molar-refractivity contribution in [2.45, 2.75) is 37.6 Å². The van der Waals surface area contributed by atoms with Gasteiger partial charge in [0.1, 0.15) is 29.7 Å². The van der Waals surface area contributed by atoms with E-state index in [1.807, 2.05) is 0 Å². The van der Waals surface area contributed by atoms with Crippen LogP contribution in [0.5, 0.6) is 5.75 Å². The number of methoxy groups -OCH3 is 1. The van der Waals surface area contributed by atoms with Gasteiger partial charge in [-0.05, 0) is 19.1 Å². The van der Waals surface area contributed by atoms with Crippen LogP contribution in [0.4, 0.5) is 11.4 Å². The SMILES string of the molecule is COc1ccc(NC2OC(C)C(O)C(O)C2O)c([N+](=O)[O-])c1. The minimum atomic E-state index is -1.44. The Morgan fingerprint density at radius 3 is 2.55 bits per heavy atom. The highest BCUT2D eigenvalue weighted by Gasteiger charge is 2.42. The predicted octanol–water partition coefficient (Wildman–Crippen LogP) is -0.157. The minimum Gasteiger partial charge on any atom is -0.496 e. The third kappa shape index (κ3) is 3.12. The average Bonchev–Trinajstić information content (AvgIpc) is 2.50. The smallest absolute Gasteiger partial charge is 0.296 e. The first-order valence-electron chi connectivity index (χ1n) is 6.63. The van der Waals surface area contributed by atoms with Gasteiger partial charge in [0.05, 0.1) is 24.2 Å². The number of ether oxygens (including phenoxy) is 2. The van der Waals surface area contributed by atoms with E-state index in [1.54, 1.807) is 0 Å². The molecule has 0 aromatic heterocycles. The van der Waals surface area contributed by atoms with E-state index in [-0.39, 0.29) is 11.4 Å². The van der Waals surface area contributed by atoms with Crippen molar-refractivity contribution in [2.24, 2.45) is 0 Å². The maximum atomic E-state index is 11.1. The van der Waals surface area contributed by atoms with Crippen molar-refractivity contribution in [1.29, 1.82) is 0 Å². The van der Waals surface area contributed by atoms with Gasteiger partial charge in [0.2, 0.25) is 0 Å². The molecule has 4 N–H and O–H groups in total. The van der Waals surface area contributed by atoms with Crippen LogP contribution in [0.25, 0.3) is 0 Å². The normalized spacial score (nSPS) is 31.6. The number of rotatable bonds is 4. The third-order valence-electron chi connectivity index (χ3n) is 3.55. The minimum absolute atomic E-state index is 0.102. The number of hydrogen-bond acceptors (Lipinski definition) is 8. The number of nitro benzene ring substituents is 1. The largest absolute Gasteiger partial charge is 0.496 e. The molecular formula is C13H18N2O7. The topological polar surface area (TPSA) is 134 Å². The molecule has 0 aliphatic carbocycles. The zero-order valence-corrected chi connectivity index (χ0v) is 12.0. The molecule has 0 amide bonds. The first-order chi connectivity index (χ1) is 10.3. The van der Waals surface area contributed by atoms with Gasteiger partial charge in [0.15, 0.2) is 6.23 Å². The fourth-order valence-electron chi connectivity index (χ4n) is 2.24. The number of nitro groups is 1. The quantitative estimate of drug-likeness (QED) is 0.445. The second-order valence-corrected chi connectivity index (χ2v) is 5.02. The molecule has 1 fully saturated rings. The molecule has 1 saturated heterocycles. The Labute approximate surface area is 126 Å². The van der Waals surface area contributed by atoms with Gasteiger partial charge in [-0.3, -0.25) is 10.1 Å². The fraction of sp³-hybridized carbons (Fsp3) is 0.538. The summed E-state index contributed by atoms with van der Waals surface area (Å²) in [5.74, 6) is 0.311. The van der Waals surface area contributed by atoms with Crippen molar-refractivity contribution in [1.82, 2.24) is 0 Å². The van der Waals surface area contributed by atoms with Gasteiger partial charge >= 0.3 is 0 Å². The first kappa shape index (κ1) is 16.4. The van der Waals surface area contributed by atoms with Gasteiger partial charge in [-0.15, -0.1) is 0 Å². The van der Waals surface area contributed by atoms with Crippen molar-refractivity contribution in [3.63, 3.8) is 0 Å². The molecule has 0 bridgehead atoms. The van der Waals surface area contributed by atoms with E-state index >= 15 is 0 Å². The highest BCUT2D eigenvalue weighted by molar-refractivity contribution is 5.64. The number of nitrogens with one attached hydrogen (secondary N) is 1. The number of benzene rings is 1. The number of anilines is 1. The zero-order chi connectivity index (χ0) is 16.4. The van der Waals surface area contributed by atoms with Gasteiger partial charge in [-0.2, -0.15) is 0 Å². The number of aliphatic hydroxyl groups excluding tert-OH is 3. The van der Waals surface area contributed by atoms with E-state index in [1.165, 1.54) is 32.2 Å². The number of hydrogen-bond donors (Lipinski definition) is 4. The summed E-state index contributed by atoms with van der Waals surface area (Å²) in [6.45, 7) is 1.52. The summed E-state index contributed by atoms with van der Waals surface area (Å²) < 4.78 is 10.3. The van der Waals surface area contributed by atoms with Crippen molar-refractivity contribution >= 4 is 11.4 Å². The van der Waals surface area contributed by atoms with E-state index in [4.69, 9.17) is 9.47 Å². The van der Waals surface area contributed by atoms with Crippen LogP contribution in [0.15, 0.2) is 18.2 Å². The Morgan fingerprint density at radius 2 is 1.95 bits per heavy atom. The van der Waals surface area contributed by atoms with Crippen LogP contribution in [0, 0.1) is 10.1 Å². The molecule has 2 rings (SSSR count). The van der Waals surface area contributed by atoms with Crippen LogP contribution in [0.1, 0.15) is 6.92 Å². The highest BCUT2D eigenvalue weighted by Crippen LogP contribution is 2.31. The molecule has 0 spiro atoms. The lowest BCUT2D eigenvalue weighted by molar-refractivity contribution is -0.384. The summed E-state index contributed by atoms with van der Waals surface area (Å²) in [6, 6.07) is 4.15. The fourth-order valence-corrected chi connectivity index (χ4v) is 2.24. The van der Waals surface area contributed by atoms with E-state index in [0.29, 0.717) is 5.75 Å². The maximum absolute atomic E-state index is 11.1. The summed E-state index contributed by atoms with van der Waals surface area (Å²) in [4.78, 5) is 10.5. The molecule has 1 aliphatic heterocycles. The zero-order valence-electron chi connectivity index (χ0n) is 12.0. The van der Waals surface area contributed by atoms with Crippen LogP contribution in [0.3, 0.4) is 0 Å². The van der Waals surface area contributed by atoms with Crippen molar-refractivity contribution in [2.75, 3.05) is 12.4 Å².